The number of aromatic hydroxyl groups is 1. The molecule has 0 aromatic heterocycles. The Kier molecular flexibility index (Phi) is 8.07. The highest BCUT2D eigenvalue weighted by atomic mass is 16.5. The van der Waals surface area contributed by atoms with E-state index in [2.05, 4.69) is 30.3 Å². The number of aryl methyl sites for hydroxylation is 2. The van der Waals surface area contributed by atoms with Crippen molar-refractivity contribution in [2.45, 2.75) is 32.5 Å². The average molecular weight is 455 g/mol. The monoisotopic (exact) mass is 454 g/mol. The van der Waals surface area contributed by atoms with Crippen molar-refractivity contribution in [3.63, 3.8) is 0 Å². The lowest BCUT2D eigenvalue weighted by molar-refractivity contribution is 0.287. The predicted molar refractivity (Wildman–Crippen MR) is 135 cm³/mol. The maximum absolute atomic E-state index is 10.3. The third kappa shape index (κ3) is 6.55. The second-order valence-electron chi connectivity index (χ2n) is 8.17. The molecule has 0 aliphatic heterocycles. The Bertz CT molecular complexity index is 1170. The molecule has 0 spiro atoms. The molecule has 0 bridgehead atoms. The van der Waals surface area contributed by atoms with Gasteiger partial charge in [-0.2, -0.15) is 0 Å². The molecule has 4 rings (SSSR count). The number of hydrogen-bond donors (Lipinski definition) is 1. The summed E-state index contributed by atoms with van der Waals surface area (Å²) in [5.41, 5.74) is 4.27. The maximum atomic E-state index is 10.3. The highest BCUT2D eigenvalue weighted by Crippen LogP contribution is 2.29. The summed E-state index contributed by atoms with van der Waals surface area (Å²) in [5.74, 6) is 2.53. The van der Waals surface area contributed by atoms with Crippen molar-refractivity contribution >= 4 is 0 Å². The third-order valence-electron chi connectivity index (χ3n) is 5.71. The van der Waals surface area contributed by atoms with Crippen LogP contribution in [0.1, 0.15) is 28.7 Å². The molecule has 0 aliphatic rings. The smallest absolute Gasteiger partial charge is 0.126 e. The Morgan fingerprint density at radius 3 is 1.85 bits per heavy atom. The zero-order valence-corrected chi connectivity index (χ0v) is 19.4. The van der Waals surface area contributed by atoms with Crippen LogP contribution in [0.4, 0.5) is 0 Å². The van der Waals surface area contributed by atoms with Gasteiger partial charge in [-0.15, -0.1) is 0 Å². The van der Waals surface area contributed by atoms with E-state index in [4.69, 9.17) is 14.2 Å². The van der Waals surface area contributed by atoms with E-state index in [1.54, 1.807) is 13.2 Å². The SMILES string of the molecule is COc1ccc(CCCc2ccc(OCc3ccccc3)cc2OCc2ccccc2)c(O)c1. The second-order valence-corrected chi connectivity index (χ2v) is 8.17. The first kappa shape index (κ1) is 23.2. The Hall–Kier alpha value is -3.92. The van der Waals surface area contributed by atoms with Gasteiger partial charge in [0.05, 0.1) is 7.11 Å². The lowest BCUT2D eigenvalue weighted by Crippen LogP contribution is -2.01. The number of benzene rings is 4. The quantitative estimate of drug-likeness (QED) is 0.273. The molecule has 4 aromatic carbocycles. The summed E-state index contributed by atoms with van der Waals surface area (Å²) in [5, 5.41) is 10.3. The van der Waals surface area contributed by atoms with Gasteiger partial charge in [0.1, 0.15) is 36.2 Å². The molecule has 0 amide bonds. The molecule has 0 saturated carbocycles. The van der Waals surface area contributed by atoms with E-state index >= 15 is 0 Å². The number of ether oxygens (including phenoxy) is 3. The first-order valence-corrected chi connectivity index (χ1v) is 11.5. The van der Waals surface area contributed by atoms with Gasteiger partial charge in [0.25, 0.3) is 0 Å². The largest absolute Gasteiger partial charge is 0.508 e. The van der Waals surface area contributed by atoms with Gasteiger partial charge in [0.2, 0.25) is 0 Å². The fraction of sp³-hybridized carbons (Fsp3) is 0.200. The van der Waals surface area contributed by atoms with E-state index in [9.17, 15) is 5.11 Å². The van der Waals surface area contributed by atoms with Gasteiger partial charge >= 0.3 is 0 Å². The Balaban J connectivity index is 1.44. The van der Waals surface area contributed by atoms with E-state index in [1.165, 1.54) is 0 Å². The lowest BCUT2D eigenvalue weighted by Gasteiger charge is -2.15. The van der Waals surface area contributed by atoms with Crippen molar-refractivity contribution in [1.29, 1.82) is 0 Å². The molecule has 0 unspecified atom stereocenters. The molecule has 1 N–H and O–H groups in total. The van der Waals surface area contributed by atoms with Crippen LogP contribution in [0.2, 0.25) is 0 Å². The fourth-order valence-electron chi connectivity index (χ4n) is 3.79. The van der Waals surface area contributed by atoms with Crippen LogP contribution in [0.5, 0.6) is 23.0 Å². The van der Waals surface area contributed by atoms with Crippen molar-refractivity contribution in [3.8, 4) is 23.0 Å². The first-order valence-electron chi connectivity index (χ1n) is 11.5. The summed E-state index contributed by atoms with van der Waals surface area (Å²) < 4.78 is 17.4. The molecule has 0 atom stereocenters. The van der Waals surface area contributed by atoms with Crippen LogP contribution in [-0.4, -0.2) is 12.2 Å². The Morgan fingerprint density at radius 1 is 0.618 bits per heavy atom. The molecule has 4 heteroatoms. The van der Waals surface area contributed by atoms with Gasteiger partial charge in [-0.3, -0.25) is 0 Å². The topological polar surface area (TPSA) is 47.9 Å². The minimum Gasteiger partial charge on any atom is -0.508 e. The van der Waals surface area contributed by atoms with E-state index in [0.29, 0.717) is 19.0 Å². The minimum absolute atomic E-state index is 0.268. The van der Waals surface area contributed by atoms with Crippen LogP contribution < -0.4 is 14.2 Å². The molecular formula is C30H30O4. The van der Waals surface area contributed by atoms with Crippen LogP contribution in [0.15, 0.2) is 97.1 Å². The second kappa shape index (κ2) is 11.8. The van der Waals surface area contributed by atoms with Gasteiger partial charge < -0.3 is 19.3 Å². The lowest BCUT2D eigenvalue weighted by atomic mass is 10.0. The van der Waals surface area contributed by atoms with Crippen molar-refractivity contribution in [2.75, 3.05) is 7.11 Å². The minimum atomic E-state index is 0.268. The molecule has 4 aromatic rings. The maximum Gasteiger partial charge on any atom is 0.126 e. The van der Waals surface area contributed by atoms with E-state index in [-0.39, 0.29) is 5.75 Å². The van der Waals surface area contributed by atoms with Gasteiger partial charge in [-0.25, -0.2) is 0 Å². The van der Waals surface area contributed by atoms with Gasteiger partial charge in [-0.1, -0.05) is 72.8 Å². The number of phenols is 1. The summed E-state index contributed by atoms with van der Waals surface area (Å²) in [4.78, 5) is 0. The van der Waals surface area contributed by atoms with Crippen LogP contribution in [-0.2, 0) is 26.1 Å². The Labute approximate surface area is 201 Å². The van der Waals surface area contributed by atoms with Gasteiger partial charge in [-0.05, 0) is 53.6 Å². The van der Waals surface area contributed by atoms with Gasteiger partial charge in [0.15, 0.2) is 0 Å². The molecule has 0 fully saturated rings. The van der Waals surface area contributed by atoms with E-state index in [1.807, 2.05) is 60.7 Å². The van der Waals surface area contributed by atoms with Crippen LogP contribution >= 0.6 is 0 Å². The van der Waals surface area contributed by atoms with Gasteiger partial charge in [0, 0.05) is 12.1 Å². The molecule has 0 aliphatic carbocycles. The molecule has 174 valence electrons. The van der Waals surface area contributed by atoms with Crippen LogP contribution in [0, 0.1) is 0 Å². The highest BCUT2D eigenvalue weighted by Gasteiger charge is 2.09. The van der Waals surface area contributed by atoms with Crippen LogP contribution in [0.3, 0.4) is 0 Å². The Morgan fingerprint density at radius 2 is 1.21 bits per heavy atom. The summed E-state index contributed by atoms with van der Waals surface area (Å²) >= 11 is 0. The zero-order valence-electron chi connectivity index (χ0n) is 19.4. The molecule has 0 saturated heterocycles. The molecule has 34 heavy (non-hydrogen) atoms. The zero-order chi connectivity index (χ0) is 23.6. The predicted octanol–water partition coefficient (Wildman–Crippen LogP) is 6.73. The van der Waals surface area contributed by atoms with Crippen molar-refractivity contribution in [3.05, 3.63) is 119 Å². The summed E-state index contributed by atoms with van der Waals surface area (Å²) in [7, 11) is 1.60. The van der Waals surface area contributed by atoms with E-state index < -0.39 is 0 Å². The standard InChI is InChI=1S/C30H30O4/c1-32-27-17-15-25(29(31)19-27)13-8-14-26-16-18-28(33-21-23-9-4-2-5-10-23)20-30(26)34-22-24-11-6-3-7-12-24/h2-7,9-12,15-20,31H,8,13-14,21-22H2,1H3. The fourth-order valence-corrected chi connectivity index (χ4v) is 3.79. The third-order valence-corrected chi connectivity index (χ3v) is 5.71. The number of hydrogen-bond acceptors (Lipinski definition) is 4. The number of phenolic OH excluding ortho intramolecular Hbond substituents is 1. The molecule has 0 radical (unpaired) electrons. The van der Waals surface area contributed by atoms with E-state index in [0.717, 1.165) is 53.0 Å². The first-order chi connectivity index (χ1) is 16.7. The summed E-state index contributed by atoms with van der Waals surface area (Å²) in [6.45, 7) is 1.00. The molecular weight excluding hydrogens is 424 g/mol. The van der Waals surface area contributed by atoms with Crippen molar-refractivity contribution in [2.24, 2.45) is 0 Å². The van der Waals surface area contributed by atoms with Crippen molar-refractivity contribution in [1.82, 2.24) is 0 Å². The summed E-state index contributed by atoms with van der Waals surface area (Å²) in [6, 6.07) is 31.8. The van der Waals surface area contributed by atoms with Crippen molar-refractivity contribution < 1.29 is 19.3 Å². The average Bonchev–Trinajstić information content (AvgIpc) is 2.89. The number of rotatable bonds is 11. The molecule has 4 nitrogen and oxygen atoms in total. The van der Waals surface area contributed by atoms with Crippen LogP contribution in [0.25, 0.3) is 0 Å². The molecule has 0 heterocycles. The highest BCUT2D eigenvalue weighted by molar-refractivity contribution is 5.42. The number of methoxy groups -OCH3 is 1. The normalized spacial score (nSPS) is 10.6. The summed E-state index contributed by atoms with van der Waals surface area (Å²) in [6.07, 6.45) is 2.47.